The van der Waals surface area contributed by atoms with Crippen LogP contribution in [0.2, 0.25) is 0 Å². The molecule has 100 valence electrons. The van der Waals surface area contributed by atoms with Crippen LogP contribution in [0.5, 0.6) is 0 Å². The molecule has 0 bridgehead atoms. The van der Waals surface area contributed by atoms with Crippen molar-refractivity contribution in [2.45, 2.75) is 44.6 Å². The van der Waals surface area contributed by atoms with Gasteiger partial charge in [0, 0.05) is 22.6 Å². The smallest absolute Gasteiger partial charge is 0.0476 e. The normalized spacial score (nSPS) is 22.6. The molecule has 2 N–H and O–H groups in total. The molecule has 2 aliphatic carbocycles. The fraction of sp³-hybridized carbons (Fsp3) is 0.529. The molecule has 2 heteroatoms. The van der Waals surface area contributed by atoms with Crippen molar-refractivity contribution in [1.82, 2.24) is 10.3 Å². The molecular weight excluding hydrogens is 232 g/mol. The Hall–Kier alpha value is -1.28. The first-order valence-electron chi connectivity index (χ1n) is 7.74. The number of benzene rings is 1. The van der Waals surface area contributed by atoms with Crippen molar-refractivity contribution in [3.05, 3.63) is 35.5 Å². The van der Waals surface area contributed by atoms with E-state index in [-0.39, 0.29) is 0 Å². The van der Waals surface area contributed by atoms with E-state index in [1.165, 1.54) is 61.7 Å². The second kappa shape index (κ2) is 4.68. The Bertz CT molecular complexity index is 580. The molecule has 1 heterocycles. The number of H-pyrrole nitrogens is 1. The number of aryl methyl sites for hydroxylation is 1. The first kappa shape index (κ1) is 11.5. The number of nitrogens with one attached hydrogen (secondary N) is 2. The second-order valence-electron chi connectivity index (χ2n) is 6.19. The van der Waals surface area contributed by atoms with E-state index in [0.29, 0.717) is 6.04 Å². The summed E-state index contributed by atoms with van der Waals surface area (Å²) in [6.07, 6.45) is 8.13. The molecule has 0 saturated heterocycles. The minimum atomic E-state index is 0.551. The van der Waals surface area contributed by atoms with Gasteiger partial charge in [-0.2, -0.15) is 0 Å². The van der Waals surface area contributed by atoms with Crippen LogP contribution in [0.15, 0.2) is 24.3 Å². The van der Waals surface area contributed by atoms with Crippen molar-refractivity contribution in [2.24, 2.45) is 5.92 Å². The van der Waals surface area contributed by atoms with E-state index in [9.17, 15) is 0 Å². The van der Waals surface area contributed by atoms with Crippen LogP contribution >= 0.6 is 0 Å². The zero-order chi connectivity index (χ0) is 12.7. The first-order chi connectivity index (χ1) is 9.42. The average Bonchev–Trinajstić information content (AvgIpc) is 3.18. The Morgan fingerprint density at radius 3 is 2.95 bits per heavy atom. The number of para-hydroxylation sites is 1. The van der Waals surface area contributed by atoms with Crippen molar-refractivity contribution < 1.29 is 0 Å². The summed E-state index contributed by atoms with van der Waals surface area (Å²) in [5.41, 5.74) is 4.33. The van der Waals surface area contributed by atoms with E-state index in [4.69, 9.17) is 0 Å². The number of hydrogen-bond acceptors (Lipinski definition) is 1. The summed E-state index contributed by atoms with van der Waals surface area (Å²) >= 11 is 0. The highest BCUT2D eigenvalue weighted by Crippen LogP contribution is 2.35. The van der Waals surface area contributed by atoms with E-state index < -0.39 is 0 Å². The van der Waals surface area contributed by atoms with Crippen molar-refractivity contribution in [2.75, 3.05) is 6.54 Å². The maximum absolute atomic E-state index is 3.78. The Morgan fingerprint density at radius 1 is 1.16 bits per heavy atom. The van der Waals surface area contributed by atoms with E-state index >= 15 is 0 Å². The largest absolute Gasteiger partial charge is 0.357 e. The molecule has 0 radical (unpaired) electrons. The molecule has 1 unspecified atom stereocenters. The highest BCUT2D eigenvalue weighted by Gasteiger charge is 2.25. The molecule has 0 aliphatic heterocycles. The van der Waals surface area contributed by atoms with E-state index in [2.05, 4.69) is 34.6 Å². The minimum absolute atomic E-state index is 0.551. The van der Waals surface area contributed by atoms with Gasteiger partial charge >= 0.3 is 0 Å². The molecule has 1 aromatic carbocycles. The fourth-order valence-electron chi connectivity index (χ4n) is 3.49. The second-order valence-corrected chi connectivity index (χ2v) is 6.19. The molecule has 1 fully saturated rings. The third-order valence-corrected chi connectivity index (χ3v) is 4.75. The van der Waals surface area contributed by atoms with Gasteiger partial charge < -0.3 is 10.3 Å². The summed E-state index contributed by atoms with van der Waals surface area (Å²) in [5.74, 6) is 1.03. The van der Waals surface area contributed by atoms with Gasteiger partial charge in [-0.3, -0.25) is 0 Å². The van der Waals surface area contributed by atoms with Gasteiger partial charge in [0.15, 0.2) is 0 Å². The topological polar surface area (TPSA) is 27.8 Å². The Kier molecular flexibility index (Phi) is 2.84. The number of aromatic amines is 1. The van der Waals surface area contributed by atoms with Gasteiger partial charge in [-0.15, -0.1) is 0 Å². The Labute approximate surface area is 114 Å². The average molecular weight is 254 g/mol. The molecular formula is C17H22N2. The number of aromatic nitrogens is 1. The maximum Gasteiger partial charge on any atom is 0.0476 e. The molecule has 4 rings (SSSR count). The van der Waals surface area contributed by atoms with Gasteiger partial charge in [-0.05, 0) is 49.8 Å². The summed E-state index contributed by atoms with van der Waals surface area (Å²) in [6.45, 7) is 1.18. The fourth-order valence-corrected chi connectivity index (χ4v) is 3.49. The highest BCUT2D eigenvalue weighted by molar-refractivity contribution is 5.85. The van der Waals surface area contributed by atoms with Crippen LogP contribution in [0, 0.1) is 5.92 Å². The zero-order valence-electron chi connectivity index (χ0n) is 11.4. The van der Waals surface area contributed by atoms with E-state index in [0.717, 1.165) is 5.92 Å². The van der Waals surface area contributed by atoms with Crippen LogP contribution in [0.3, 0.4) is 0 Å². The lowest BCUT2D eigenvalue weighted by Crippen LogP contribution is -2.26. The lowest BCUT2D eigenvalue weighted by atomic mass is 9.91. The standard InChI is InChI=1S/C17H22N2/c1-2-6-15-13(4-1)14-5-3-7-16(17(14)19-15)18-11-10-12-8-9-12/h1-2,4,6,12,16,18-19H,3,5,7-11H2. The van der Waals surface area contributed by atoms with E-state index in [1.807, 2.05) is 0 Å². The highest BCUT2D eigenvalue weighted by atomic mass is 14.9. The summed E-state index contributed by atoms with van der Waals surface area (Å²) < 4.78 is 0. The predicted molar refractivity (Wildman–Crippen MR) is 79.3 cm³/mol. The van der Waals surface area contributed by atoms with E-state index in [1.54, 1.807) is 5.56 Å². The number of hydrogen-bond donors (Lipinski definition) is 2. The zero-order valence-corrected chi connectivity index (χ0v) is 11.4. The van der Waals surface area contributed by atoms with Gasteiger partial charge in [0.2, 0.25) is 0 Å². The first-order valence-corrected chi connectivity index (χ1v) is 7.74. The molecule has 0 amide bonds. The third-order valence-electron chi connectivity index (χ3n) is 4.75. The van der Waals surface area contributed by atoms with Crippen LogP contribution in [0.25, 0.3) is 10.9 Å². The lowest BCUT2D eigenvalue weighted by molar-refractivity contribution is 0.443. The van der Waals surface area contributed by atoms with Gasteiger partial charge in [-0.1, -0.05) is 31.0 Å². The van der Waals surface area contributed by atoms with Crippen LogP contribution in [-0.2, 0) is 6.42 Å². The van der Waals surface area contributed by atoms with Crippen molar-refractivity contribution >= 4 is 10.9 Å². The number of fused-ring (bicyclic) bond motifs is 3. The molecule has 19 heavy (non-hydrogen) atoms. The summed E-state index contributed by atoms with van der Waals surface area (Å²) in [5, 5.41) is 5.22. The minimum Gasteiger partial charge on any atom is -0.357 e. The molecule has 0 spiro atoms. The van der Waals surface area contributed by atoms with Crippen LogP contribution in [0.1, 0.15) is 49.4 Å². The lowest BCUT2D eigenvalue weighted by Gasteiger charge is -2.24. The Morgan fingerprint density at radius 2 is 2.05 bits per heavy atom. The molecule has 1 atom stereocenters. The van der Waals surface area contributed by atoms with Crippen LogP contribution < -0.4 is 5.32 Å². The summed E-state index contributed by atoms with van der Waals surface area (Å²) in [6, 6.07) is 9.29. The van der Waals surface area contributed by atoms with Crippen LogP contribution in [-0.4, -0.2) is 11.5 Å². The molecule has 2 nitrogen and oxygen atoms in total. The van der Waals surface area contributed by atoms with Gasteiger partial charge in [0.05, 0.1) is 0 Å². The maximum atomic E-state index is 3.78. The molecule has 1 aromatic heterocycles. The Balaban J connectivity index is 1.58. The van der Waals surface area contributed by atoms with Crippen molar-refractivity contribution in [3.8, 4) is 0 Å². The molecule has 2 aliphatic rings. The summed E-state index contributed by atoms with van der Waals surface area (Å²) in [4.78, 5) is 3.66. The quantitative estimate of drug-likeness (QED) is 0.850. The molecule has 1 saturated carbocycles. The van der Waals surface area contributed by atoms with Gasteiger partial charge in [0.25, 0.3) is 0 Å². The van der Waals surface area contributed by atoms with Crippen molar-refractivity contribution in [3.63, 3.8) is 0 Å². The van der Waals surface area contributed by atoms with Crippen molar-refractivity contribution in [1.29, 1.82) is 0 Å². The summed E-state index contributed by atoms with van der Waals surface area (Å²) in [7, 11) is 0. The monoisotopic (exact) mass is 254 g/mol. The third kappa shape index (κ3) is 2.18. The molecule has 2 aromatic rings. The number of rotatable bonds is 4. The predicted octanol–water partition coefficient (Wildman–Crippen LogP) is 3.94. The van der Waals surface area contributed by atoms with Gasteiger partial charge in [0.1, 0.15) is 0 Å². The van der Waals surface area contributed by atoms with Gasteiger partial charge in [-0.25, -0.2) is 0 Å². The SMILES string of the molecule is c1ccc2c3c([nH]c2c1)C(NCCC1CC1)CCC3. The van der Waals surface area contributed by atoms with Crippen LogP contribution in [0.4, 0.5) is 0 Å².